The number of methoxy groups -OCH3 is 1. The van der Waals surface area contributed by atoms with Crippen LogP contribution in [0, 0.1) is 0 Å². The van der Waals surface area contributed by atoms with Crippen molar-refractivity contribution in [2.45, 2.75) is 17.1 Å². The Morgan fingerprint density at radius 3 is 2.28 bits per heavy atom. The van der Waals surface area contributed by atoms with E-state index in [9.17, 15) is 14.4 Å². The predicted molar refractivity (Wildman–Crippen MR) is 126 cm³/mol. The Morgan fingerprint density at radius 2 is 1.59 bits per heavy atom. The number of ether oxygens (including phenoxy) is 1. The lowest BCUT2D eigenvalue weighted by Gasteiger charge is -2.13. The molecule has 0 fully saturated rings. The van der Waals surface area contributed by atoms with Crippen LogP contribution in [0.4, 0.5) is 11.4 Å². The number of hydrogen-bond acceptors (Lipinski definition) is 5. The molecule has 32 heavy (non-hydrogen) atoms. The van der Waals surface area contributed by atoms with Gasteiger partial charge in [-0.3, -0.25) is 14.4 Å². The highest BCUT2D eigenvalue weighted by Gasteiger charge is 2.15. The highest BCUT2D eigenvalue weighted by atomic mass is 32.2. The molecule has 0 aliphatic heterocycles. The second-order valence-corrected chi connectivity index (χ2v) is 8.32. The van der Waals surface area contributed by atoms with E-state index in [1.807, 2.05) is 18.2 Å². The Hall–Kier alpha value is -3.78. The lowest BCUT2D eigenvalue weighted by atomic mass is 10.2. The van der Waals surface area contributed by atoms with Gasteiger partial charge in [0.2, 0.25) is 11.8 Å². The highest BCUT2D eigenvalue weighted by molar-refractivity contribution is 8.00. The summed E-state index contributed by atoms with van der Waals surface area (Å²) in [5, 5.41) is 5.28. The number of anilines is 2. The molecule has 4 N–H and O–H groups in total. The van der Waals surface area contributed by atoms with Gasteiger partial charge in [-0.05, 0) is 67.6 Å². The van der Waals surface area contributed by atoms with Crippen LogP contribution in [-0.2, 0) is 4.79 Å². The molecule has 0 saturated carbocycles. The normalized spacial score (nSPS) is 11.3. The zero-order valence-electron chi connectivity index (χ0n) is 17.6. The van der Waals surface area contributed by atoms with Gasteiger partial charge in [-0.25, -0.2) is 0 Å². The first kappa shape index (κ1) is 22.9. The first-order valence-electron chi connectivity index (χ1n) is 9.78. The smallest absolute Gasteiger partial charge is 0.255 e. The fourth-order valence-corrected chi connectivity index (χ4v) is 3.76. The van der Waals surface area contributed by atoms with Crippen molar-refractivity contribution < 1.29 is 19.1 Å². The second-order valence-electron chi connectivity index (χ2n) is 6.90. The Morgan fingerprint density at radius 1 is 0.875 bits per heavy atom. The molecule has 1 atom stereocenters. The van der Waals surface area contributed by atoms with E-state index in [0.717, 1.165) is 4.90 Å². The quantitative estimate of drug-likeness (QED) is 0.447. The molecule has 164 valence electrons. The number of carbonyl (C=O) groups excluding carboxylic acids is 3. The minimum atomic E-state index is -0.523. The van der Waals surface area contributed by atoms with Gasteiger partial charge in [-0.1, -0.05) is 12.1 Å². The van der Waals surface area contributed by atoms with Crippen molar-refractivity contribution in [1.82, 2.24) is 0 Å². The van der Waals surface area contributed by atoms with Crippen LogP contribution in [0.15, 0.2) is 77.7 Å². The molecular formula is C24H23N3O4S. The van der Waals surface area contributed by atoms with Gasteiger partial charge >= 0.3 is 0 Å². The zero-order valence-corrected chi connectivity index (χ0v) is 18.4. The molecule has 3 amide bonds. The number of amides is 3. The number of primary amides is 1. The third-order valence-corrected chi connectivity index (χ3v) is 5.64. The largest absolute Gasteiger partial charge is 0.497 e. The lowest BCUT2D eigenvalue weighted by molar-refractivity contribution is -0.115. The van der Waals surface area contributed by atoms with E-state index in [1.165, 1.54) is 11.8 Å². The van der Waals surface area contributed by atoms with Crippen LogP contribution >= 0.6 is 11.8 Å². The fraction of sp³-hybridized carbons (Fsp3) is 0.125. The molecule has 8 heteroatoms. The summed E-state index contributed by atoms with van der Waals surface area (Å²) >= 11 is 1.36. The molecule has 0 aliphatic carbocycles. The van der Waals surface area contributed by atoms with Crippen LogP contribution in [-0.4, -0.2) is 30.1 Å². The molecule has 3 aromatic rings. The zero-order chi connectivity index (χ0) is 23.1. The maximum atomic E-state index is 12.5. The van der Waals surface area contributed by atoms with Crippen LogP contribution in [0.3, 0.4) is 0 Å². The SMILES string of the molecule is COc1cccc(C(=O)Nc2cccc(SC(C)C(=O)Nc3ccc(C(N)=O)cc3)c2)c1. The minimum Gasteiger partial charge on any atom is -0.497 e. The number of benzene rings is 3. The number of nitrogens with two attached hydrogens (primary N) is 1. The van der Waals surface area contributed by atoms with Crippen molar-refractivity contribution in [3.05, 3.63) is 83.9 Å². The van der Waals surface area contributed by atoms with E-state index >= 15 is 0 Å². The van der Waals surface area contributed by atoms with Gasteiger partial charge in [0, 0.05) is 27.4 Å². The van der Waals surface area contributed by atoms with E-state index in [4.69, 9.17) is 10.5 Å². The molecule has 1 unspecified atom stereocenters. The Labute approximate surface area is 190 Å². The van der Waals surface area contributed by atoms with Crippen molar-refractivity contribution in [2.75, 3.05) is 17.7 Å². The third kappa shape index (κ3) is 6.12. The Balaban J connectivity index is 1.61. The average molecular weight is 450 g/mol. The molecule has 3 aromatic carbocycles. The number of thioether (sulfide) groups is 1. The molecule has 0 bridgehead atoms. The Kier molecular flexibility index (Phi) is 7.51. The van der Waals surface area contributed by atoms with Gasteiger partial charge in [0.1, 0.15) is 5.75 Å². The van der Waals surface area contributed by atoms with Gasteiger partial charge in [0.25, 0.3) is 5.91 Å². The molecule has 0 aromatic heterocycles. The molecule has 0 spiro atoms. The summed E-state index contributed by atoms with van der Waals surface area (Å²) < 4.78 is 5.16. The van der Waals surface area contributed by atoms with Crippen molar-refractivity contribution in [2.24, 2.45) is 5.73 Å². The van der Waals surface area contributed by atoms with Crippen molar-refractivity contribution in [3.8, 4) is 5.75 Å². The summed E-state index contributed by atoms with van der Waals surface area (Å²) in [6.07, 6.45) is 0. The van der Waals surface area contributed by atoms with E-state index in [1.54, 1.807) is 68.6 Å². The van der Waals surface area contributed by atoms with Gasteiger partial charge in [0.05, 0.1) is 12.4 Å². The molecule has 0 heterocycles. The number of carbonyl (C=O) groups is 3. The summed E-state index contributed by atoms with van der Waals surface area (Å²) in [4.78, 5) is 37.0. The van der Waals surface area contributed by atoms with Crippen molar-refractivity contribution >= 4 is 40.9 Å². The summed E-state index contributed by atoms with van der Waals surface area (Å²) in [5.41, 5.74) is 7.28. The van der Waals surface area contributed by atoms with E-state index in [-0.39, 0.29) is 11.8 Å². The Bertz CT molecular complexity index is 1130. The summed E-state index contributed by atoms with van der Waals surface area (Å²) in [6, 6.07) is 20.6. The fourth-order valence-electron chi connectivity index (χ4n) is 2.83. The molecule has 3 rings (SSSR count). The van der Waals surface area contributed by atoms with E-state index < -0.39 is 11.2 Å². The number of hydrogen-bond donors (Lipinski definition) is 3. The van der Waals surface area contributed by atoms with E-state index in [2.05, 4.69) is 10.6 Å². The highest BCUT2D eigenvalue weighted by Crippen LogP contribution is 2.27. The molecule has 0 aliphatic rings. The monoisotopic (exact) mass is 449 g/mol. The first-order chi connectivity index (χ1) is 15.4. The van der Waals surface area contributed by atoms with Crippen molar-refractivity contribution in [1.29, 1.82) is 0 Å². The number of nitrogens with one attached hydrogen (secondary N) is 2. The summed E-state index contributed by atoms with van der Waals surface area (Å²) in [7, 11) is 1.55. The van der Waals surface area contributed by atoms with E-state index in [0.29, 0.717) is 28.3 Å². The molecule has 0 saturated heterocycles. The van der Waals surface area contributed by atoms with Crippen molar-refractivity contribution in [3.63, 3.8) is 0 Å². The standard InChI is InChI=1S/C24H23N3O4S/c1-15(23(29)26-18-11-9-16(10-12-18)22(25)28)32-21-8-4-6-19(14-21)27-24(30)17-5-3-7-20(13-17)31-2/h3-15H,1-2H3,(H2,25,28)(H,26,29)(H,27,30). The molecular weight excluding hydrogens is 426 g/mol. The molecule has 7 nitrogen and oxygen atoms in total. The average Bonchev–Trinajstić information content (AvgIpc) is 2.79. The van der Waals surface area contributed by atoms with Gasteiger partial charge in [-0.15, -0.1) is 11.8 Å². The summed E-state index contributed by atoms with van der Waals surface area (Å²) in [6.45, 7) is 1.79. The molecule has 0 radical (unpaired) electrons. The van der Waals surface area contributed by atoms with Gasteiger partial charge in [-0.2, -0.15) is 0 Å². The summed E-state index contributed by atoms with van der Waals surface area (Å²) in [5.74, 6) is -0.361. The third-order valence-electron chi connectivity index (χ3n) is 4.54. The second kappa shape index (κ2) is 10.5. The number of rotatable bonds is 8. The predicted octanol–water partition coefficient (Wildman–Crippen LogP) is 4.17. The van der Waals surface area contributed by atoms with Gasteiger partial charge < -0.3 is 21.1 Å². The first-order valence-corrected chi connectivity index (χ1v) is 10.7. The van der Waals surface area contributed by atoms with Crippen LogP contribution in [0.25, 0.3) is 0 Å². The maximum Gasteiger partial charge on any atom is 0.255 e. The van der Waals surface area contributed by atoms with Gasteiger partial charge in [0.15, 0.2) is 0 Å². The minimum absolute atomic E-state index is 0.187. The maximum absolute atomic E-state index is 12.5. The lowest BCUT2D eigenvalue weighted by Crippen LogP contribution is -2.22. The van der Waals surface area contributed by atoms with Crippen LogP contribution in [0.5, 0.6) is 5.75 Å². The topological polar surface area (TPSA) is 111 Å². The van der Waals surface area contributed by atoms with Crippen LogP contribution in [0.1, 0.15) is 27.6 Å². The van der Waals surface area contributed by atoms with Crippen LogP contribution in [0.2, 0.25) is 0 Å². The van der Waals surface area contributed by atoms with Crippen LogP contribution < -0.4 is 21.1 Å².